The van der Waals surface area contributed by atoms with Crippen LogP contribution in [0.3, 0.4) is 0 Å². The van der Waals surface area contributed by atoms with Crippen LogP contribution in [0, 0.1) is 0 Å². The molecule has 1 heterocycles. The van der Waals surface area contributed by atoms with E-state index in [4.69, 9.17) is 9.40 Å². The van der Waals surface area contributed by atoms with Crippen LogP contribution >= 0.6 is 0 Å². The third-order valence-corrected chi connectivity index (χ3v) is 9.70. The van der Waals surface area contributed by atoms with Gasteiger partial charge in [-0.25, -0.2) is 4.98 Å². The molecule has 0 N–H and O–H groups in total. The summed E-state index contributed by atoms with van der Waals surface area (Å²) >= 11 is 0. The lowest BCUT2D eigenvalue weighted by Gasteiger charge is -2.28. The monoisotopic (exact) mass is 604 g/mol. The zero-order valence-electron chi connectivity index (χ0n) is 26.3. The van der Waals surface area contributed by atoms with Gasteiger partial charge in [-0.05, 0) is 92.7 Å². The van der Waals surface area contributed by atoms with E-state index in [1.165, 1.54) is 44.2 Å². The molecule has 0 radical (unpaired) electrons. The van der Waals surface area contributed by atoms with E-state index in [0.717, 1.165) is 33.7 Å². The number of fused-ring (bicyclic) bond motifs is 5. The summed E-state index contributed by atoms with van der Waals surface area (Å²) in [5, 5.41) is 2.50. The normalized spacial score (nSPS) is 13.1. The largest absolute Gasteiger partial charge is 0.436 e. The highest BCUT2D eigenvalue weighted by Gasteiger charge is 2.35. The summed E-state index contributed by atoms with van der Waals surface area (Å²) in [7, 11) is 0. The van der Waals surface area contributed by atoms with Gasteiger partial charge < -0.3 is 9.32 Å². The highest BCUT2D eigenvalue weighted by atomic mass is 16.3. The SMILES string of the molecule is CC1(C)c2ccccc2-c2ccc(N(c3ccc(-c4cccc5ccccc45)cc3)c3ccc4nc(-c5ccccc5)oc4c3)cc21. The third-order valence-electron chi connectivity index (χ3n) is 9.70. The Morgan fingerprint density at radius 3 is 2.04 bits per heavy atom. The van der Waals surface area contributed by atoms with Crippen molar-refractivity contribution in [2.75, 3.05) is 4.90 Å². The first-order chi connectivity index (χ1) is 23.0. The quantitative estimate of drug-likeness (QED) is 0.196. The van der Waals surface area contributed by atoms with Gasteiger partial charge in [0.05, 0.1) is 0 Å². The molecule has 1 aromatic heterocycles. The molecule has 9 rings (SSSR count). The molecule has 0 fully saturated rings. The molecule has 1 aliphatic carbocycles. The average Bonchev–Trinajstić information content (AvgIpc) is 3.65. The number of hydrogen-bond acceptors (Lipinski definition) is 3. The van der Waals surface area contributed by atoms with Gasteiger partial charge in [-0.1, -0.05) is 117 Å². The maximum atomic E-state index is 6.35. The second-order valence-corrected chi connectivity index (χ2v) is 12.8. The summed E-state index contributed by atoms with van der Waals surface area (Å²) in [6.07, 6.45) is 0. The Labute approximate surface area is 274 Å². The first-order valence-electron chi connectivity index (χ1n) is 16.1. The van der Waals surface area contributed by atoms with Gasteiger partial charge in [0.1, 0.15) is 5.52 Å². The van der Waals surface area contributed by atoms with Crippen LogP contribution < -0.4 is 4.90 Å². The lowest BCUT2D eigenvalue weighted by molar-refractivity contribution is 0.620. The van der Waals surface area contributed by atoms with Gasteiger partial charge in [0.25, 0.3) is 0 Å². The van der Waals surface area contributed by atoms with Crippen LogP contribution in [0.15, 0.2) is 162 Å². The Balaban J connectivity index is 1.19. The van der Waals surface area contributed by atoms with Crippen LogP contribution in [-0.4, -0.2) is 4.98 Å². The first-order valence-corrected chi connectivity index (χ1v) is 16.1. The standard InChI is InChI=1S/C44H32N2O/c1-44(2)39-18-9-8-16-37(39)38-25-23-33(27-40(38)44)46(34-24-26-41-42(28-34)47-43(45-41)31-12-4-3-5-13-31)32-21-19-30(20-22-32)36-17-10-14-29-11-6-7-15-35(29)36/h3-28H,1-2H3. The van der Waals surface area contributed by atoms with E-state index < -0.39 is 0 Å². The molecular weight excluding hydrogens is 572 g/mol. The van der Waals surface area contributed by atoms with Crippen molar-refractivity contribution in [1.82, 2.24) is 4.98 Å². The molecule has 0 spiro atoms. The minimum absolute atomic E-state index is 0.106. The van der Waals surface area contributed by atoms with Crippen LogP contribution in [0.1, 0.15) is 25.0 Å². The van der Waals surface area contributed by atoms with Crippen LogP contribution in [0.4, 0.5) is 17.1 Å². The first kappa shape index (κ1) is 27.4. The number of hydrogen-bond donors (Lipinski definition) is 0. The van der Waals surface area contributed by atoms with Crippen LogP contribution in [0.5, 0.6) is 0 Å². The molecule has 7 aromatic carbocycles. The fourth-order valence-corrected chi connectivity index (χ4v) is 7.30. The highest BCUT2D eigenvalue weighted by molar-refractivity contribution is 5.97. The van der Waals surface area contributed by atoms with E-state index in [2.05, 4.69) is 146 Å². The summed E-state index contributed by atoms with van der Waals surface area (Å²) in [6.45, 7) is 4.66. The van der Waals surface area contributed by atoms with E-state index >= 15 is 0 Å². The summed E-state index contributed by atoms with van der Waals surface area (Å²) < 4.78 is 6.35. The second-order valence-electron chi connectivity index (χ2n) is 12.8. The Morgan fingerprint density at radius 2 is 1.17 bits per heavy atom. The molecule has 1 aliphatic rings. The smallest absolute Gasteiger partial charge is 0.227 e. The van der Waals surface area contributed by atoms with E-state index in [1.807, 2.05) is 30.3 Å². The maximum absolute atomic E-state index is 6.35. The molecule has 224 valence electrons. The number of nitrogens with zero attached hydrogens (tertiary/aromatic N) is 2. The van der Waals surface area contributed by atoms with Gasteiger partial charge in [0.2, 0.25) is 5.89 Å². The molecule has 0 aliphatic heterocycles. The van der Waals surface area contributed by atoms with Gasteiger partial charge in [0.15, 0.2) is 5.58 Å². The van der Waals surface area contributed by atoms with Crippen molar-refractivity contribution in [3.05, 3.63) is 169 Å². The summed E-state index contributed by atoms with van der Waals surface area (Å²) in [6, 6.07) is 56.1. The lowest BCUT2D eigenvalue weighted by Crippen LogP contribution is -2.16. The predicted molar refractivity (Wildman–Crippen MR) is 195 cm³/mol. The number of anilines is 3. The molecule has 0 amide bonds. The zero-order valence-corrected chi connectivity index (χ0v) is 26.3. The summed E-state index contributed by atoms with van der Waals surface area (Å²) in [5.41, 5.74) is 13.4. The van der Waals surface area contributed by atoms with E-state index in [-0.39, 0.29) is 5.41 Å². The lowest BCUT2D eigenvalue weighted by atomic mass is 9.82. The Kier molecular flexibility index (Phi) is 6.16. The molecule has 0 bridgehead atoms. The molecule has 3 nitrogen and oxygen atoms in total. The topological polar surface area (TPSA) is 29.3 Å². The Hall–Kier alpha value is -5.93. The zero-order chi connectivity index (χ0) is 31.5. The fourth-order valence-electron chi connectivity index (χ4n) is 7.30. The molecule has 0 atom stereocenters. The van der Waals surface area contributed by atoms with Crippen molar-refractivity contribution < 1.29 is 4.42 Å². The van der Waals surface area contributed by atoms with Crippen LogP contribution in [0.25, 0.3) is 55.6 Å². The van der Waals surface area contributed by atoms with Gasteiger partial charge in [-0.3, -0.25) is 0 Å². The highest BCUT2D eigenvalue weighted by Crippen LogP contribution is 2.50. The number of rotatable bonds is 5. The average molecular weight is 605 g/mol. The third kappa shape index (κ3) is 4.46. The molecule has 47 heavy (non-hydrogen) atoms. The number of oxazole rings is 1. The predicted octanol–water partition coefficient (Wildman–Crippen LogP) is 12.1. The summed E-state index contributed by atoms with van der Waals surface area (Å²) in [4.78, 5) is 7.13. The molecular formula is C44H32N2O. The number of benzene rings is 7. The van der Waals surface area contributed by atoms with Crippen molar-refractivity contribution >= 4 is 38.9 Å². The summed E-state index contributed by atoms with van der Waals surface area (Å²) in [5.74, 6) is 0.626. The minimum atomic E-state index is -0.106. The van der Waals surface area contributed by atoms with E-state index in [1.54, 1.807) is 0 Å². The van der Waals surface area contributed by atoms with Crippen molar-refractivity contribution in [2.24, 2.45) is 0 Å². The second kappa shape index (κ2) is 10.6. The van der Waals surface area contributed by atoms with Crippen molar-refractivity contribution in [3.8, 4) is 33.7 Å². The van der Waals surface area contributed by atoms with Gasteiger partial charge >= 0.3 is 0 Å². The molecule has 8 aromatic rings. The fraction of sp³-hybridized carbons (Fsp3) is 0.0682. The number of aromatic nitrogens is 1. The Morgan fingerprint density at radius 1 is 0.511 bits per heavy atom. The minimum Gasteiger partial charge on any atom is -0.436 e. The van der Waals surface area contributed by atoms with Crippen molar-refractivity contribution in [2.45, 2.75) is 19.3 Å². The molecule has 0 unspecified atom stereocenters. The van der Waals surface area contributed by atoms with Gasteiger partial charge in [-0.15, -0.1) is 0 Å². The molecule has 3 heteroatoms. The van der Waals surface area contributed by atoms with Crippen molar-refractivity contribution in [1.29, 1.82) is 0 Å². The maximum Gasteiger partial charge on any atom is 0.227 e. The van der Waals surface area contributed by atoms with E-state index in [9.17, 15) is 0 Å². The van der Waals surface area contributed by atoms with Gasteiger partial charge in [0, 0.05) is 34.1 Å². The van der Waals surface area contributed by atoms with Crippen LogP contribution in [-0.2, 0) is 5.41 Å². The molecule has 0 saturated heterocycles. The molecule has 0 saturated carbocycles. The van der Waals surface area contributed by atoms with Crippen molar-refractivity contribution in [3.63, 3.8) is 0 Å². The Bertz CT molecular complexity index is 2430. The van der Waals surface area contributed by atoms with Gasteiger partial charge in [-0.2, -0.15) is 0 Å². The van der Waals surface area contributed by atoms with E-state index in [0.29, 0.717) is 5.89 Å². The van der Waals surface area contributed by atoms with Crippen LogP contribution in [0.2, 0.25) is 0 Å².